The molecule has 0 spiro atoms. The quantitative estimate of drug-likeness (QED) is 0.302. The van der Waals surface area contributed by atoms with Gasteiger partial charge >= 0.3 is 168 Å². The molecule has 0 aromatic heterocycles. The maximum Gasteiger partial charge on any atom is -0.147 e. The van der Waals surface area contributed by atoms with Crippen molar-refractivity contribution in [2.24, 2.45) is 0 Å². The average molecular weight is 453 g/mol. The van der Waals surface area contributed by atoms with E-state index >= 15 is 0 Å². The van der Waals surface area contributed by atoms with Crippen molar-refractivity contribution in [3.05, 3.63) is 133 Å². The van der Waals surface area contributed by atoms with Crippen molar-refractivity contribution in [3.63, 3.8) is 0 Å². The molecule has 4 aromatic rings. The van der Waals surface area contributed by atoms with Crippen molar-refractivity contribution >= 4 is 54.1 Å². The smallest absolute Gasteiger partial charge is 0.147 e. The molecule has 30 heavy (non-hydrogen) atoms. The van der Waals surface area contributed by atoms with E-state index in [0.29, 0.717) is 0 Å². The number of allylic oxidation sites excluding steroid dienone is 1. The number of rotatable bonds is 6. The van der Waals surface area contributed by atoms with Crippen molar-refractivity contribution < 1.29 is 0 Å². The number of halogens is 2. The first kappa shape index (κ1) is 23.9. The fourth-order valence-corrected chi connectivity index (χ4v) is 8.42. The van der Waals surface area contributed by atoms with Crippen LogP contribution < -0.4 is 15.9 Å². The van der Waals surface area contributed by atoms with Gasteiger partial charge in [0.2, 0.25) is 0 Å². The first-order valence-electron chi connectivity index (χ1n) is 9.78. The Morgan fingerprint density at radius 3 is 1.17 bits per heavy atom. The topological polar surface area (TPSA) is 0 Å². The van der Waals surface area contributed by atoms with Gasteiger partial charge in [-0.3, -0.25) is 0 Å². The molecule has 0 amide bonds. The Morgan fingerprint density at radius 2 is 0.800 bits per heavy atom. The summed E-state index contributed by atoms with van der Waals surface area (Å²) in [7, 11) is -2.16. The molecule has 0 fully saturated rings. The van der Waals surface area contributed by atoms with Crippen LogP contribution in [0, 0.1) is 0 Å². The summed E-state index contributed by atoms with van der Waals surface area (Å²) in [4.78, 5) is 0. The first-order valence-corrected chi connectivity index (χ1v) is 12.0. The molecular weight excluding hydrogens is 426 g/mol. The Hall–Kier alpha value is -2.37. The van der Waals surface area contributed by atoms with Crippen LogP contribution in [0.25, 0.3) is 6.08 Å². The van der Waals surface area contributed by atoms with Crippen LogP contribution in [0.5, 0.6) is 0 Å². The van der Waals surface area contributed by atoms with Crippen LogP contribution in [0.2, 0.25) is 0 Å². The molecule has 0 heterocycles. The monoisotopic (exact) mass is 452 g/mol. The Labute approximate surface area is 192 Å². The van der Waals surface area contributed by atoms with E-state index in [2.05, 4.69) is 133 Å². The molecule has 0 saturated heterocycles. The molecule has 3 heteroatoms. The average Bonchev–Trinajstić information content (AvgIpc) is 2.79. The minimum absolute atomic E-state index is 0. The van der Waals surface area contributed by atoms with E-state index in [9.17, 15) is 0 Å². The third-order valence-corrected chi connectivity index (χ3v) is 10.1. The molecule has 0 saturated carbocycles. The second kappa shape index (κ2) is 11.7. The van der Waals surface area contributed by atoms with Crippen molar-refractivity contribution in [2.75, 3.05) is 6.16 Å². The fraction of sp³-hybridized carbons (Fsp3) is 0.0370. The van der Waals surface area contributed by atoms with E-state index in [1.165, 1.54) is 21.5 Å². The van der Waals surface area contributed by atoms with Crippen LogP contribution in [0.1, 0.15) is 5.56 Å². The van der Waals surface area contributed by atoms with Gasteiger partial charge in [-0.05, 0) is 0 Å². The normalized spacial score (nSPS) is 11.3. The summed E-state index contributed by atoms with van der Waals surface area (Å²) < 4.78 is 0. The summed E-state index contributed by atoms with van der Waals surface area (Å²) in [5.74, 6) is 0. The van der Waals surface area contributed by atoms with E-state index in [1.807, 2.05) is 0 Å². The Morgan fingerprint density at radius 1 is 0.467 bits per heavy atom. The minimum atomic E-state index is -2.16. The van der Waals surface area contributed by atoms with Gasteiger partial charge in [-0.15, -0.1) is 24.8 Å². The molecule has 0 N–H and O–H groups in total. The van der Waals surface area contributed by atoms with Crippen LogP contribution in [0.3, 0.4) is 0 Å². The SMILES string of the molecule is C(=Cc1ccccc1)C[PH](c1ccccc1)(c1ccccc1)c1ccccc1.Cl.Cl. The predicted molar refractivity (Wildman–Crippen MR) is 141 cm³/mol. The summed E-state index contributed by atoms with van der Waals surface area (Å²) in [6, 6.07) is 43.8. The van der Waals surface area contributed by atoms with E-state index < -0.39 is 7.26 Å². The number of hydrogen-bond acceptors (Lipinski definition) is 0. The van der Waals surface area contributed by atoms with Gasteiger partial charge in [-0.2, -0.15) is 0 Å². The zero-order valence-corrected chi connectivity index (χ0v) is 19.4. The maximum atomic E-state index is 2.37. The molecule has 0 unspecified atom stereocenters. The largest absolute Gasteiger partial charge is 0.147 e. The Bertz CT molecular complexity index is 921. The van der Waals surface area contributed by atoms with E-state index in [0.717, 1.165) is 6.16 Å². The molecule has 0 aliphatic heterocycles. The fourth-order valence-electron chi connectivity index (χ4n) is 3.96. The van der Waals surface area contributed by atoms with Crippen LogP contribution >= 0.6 is 32.1 Å². The molecule has 0 aliphatic rings. The Balaban J connectivity index is 0.00000160. The maximum absolute atomic E-state index is 2.37. The third kappa shape index (κ3) is 5.21. The Kier molecular flexibility index (Phi) is 9.34. The van der Waals surface area contributed by atoms with Crippen LogP contribution in [-0.4, -0.2) is 6.16 Å². The summed E-state index contributed by atoms with van der Waals surface area (Å²) >= 11 is 0. The van der Waals surface area contributed by atoms with Gasteiger partial charge in [0, 0.05) is 0 Å². The molecule has 4 rings (SSSR count). The summed E-state index contributed by atoms with van der Waals surface area (Å²) in [6.07, 6.45) is 5.66. The van der Waals surface area contributed by atoms with E-state index in [-0.39, 0.29) is 24.8 Å². The van der Waals surface area contributed by atoms with Crippen LogP contribution in [0.4, 0.5) is 0 Å². The second-order valence-electron chi connectivity index (χ2n) is 7.02. The molecule has 154 valence electrons. The van der Waals surface area contributed by atoms with Gasteiger partial charge in [-0.1, -0.05) is 0 Å². The summed E-state index contributed by atoms with van der Waals surface area (Å²) in [5.41, 5.74) is 1.25. The molecular formula is C27H27Cl2P. The molecule has 0 nitrogen and oxygen atoms in total. The van der Waals surface area contributed by atoms with E-state index in [1.54, 1.807) is 0 Å². The second-order valence-corrected chi connectivity index (χ2v) is 11.0. The first-order chi connectivity index (χ1) is 13.9. The van der Waals surface area contributed by atoms with Gasteiger partial charge in [0.05, 0.1) is 0 Å². The van der Waals surface area contributed by atoms with Crippen LogP contribution in [0.15, 0.2) is 127 Å². The number of hydrogen-bond donors (Lipinski definition) is 0. The summed E-state index contributed by atoms with van der Waals surface area (Å²) in [5, 5.41) is 4.35. The van der Waals surface area contributed by atoms with Crippen molar-refractivity contribution in [3.8, 4) is 0 Å². The predicted octanol–water partition coefficient (Wildman–Crippen LogP) is 6.27. The van der Waals surface area contributed by atoms with E-state index in [4.69, 9.17) is 0 Å². The van der Waals surface area contributed by atoms with Crippen molar-refractivity contribution in [1.29, 1.82) is 0 Å². The zero-order chi connectivity index (χ0) is 19.1. The molecule has 0 aliphatic carbocycles. The molecule has 0 bridgehead atoms. The van der Waals surface area contributed by atoms with Gasteiger partial charge in [0.15, 0.2) is 0 Å². The number of benzene rings is 4. The van der Waals surface area contributed by atoms with Gasteiger partial charge in [0.25, 0.3) is 0 Å². The standard InChI is InChI=1S/C27H25P.2ClH/c1-5-14-24(15-6-1)16-13-23-28(25-17-7-2-8-18-25,26-19-9-3-10-20-26)27-21-11-4-12-22-27;;/h1-22,28H,23H2;2*1H. The van der Waals surface area contributed by atoms with Crippen LogP contribution in [-0.2, 0) is 0 Å². The van der Waals surface area contributed by atoms with Gasteiger partial charge in [-0.25, -0.2) is 0 Å². The molecule has 4 aromatic carbocycles. The van der Waals surface area contributed by atoms with Gasteiger partial charge in [0.1, 0.15) is 0 Å². The molecule has 0 radical (unpaired) electrons. The summed E-state index contributed by atoms with van der Waals surface area (Å²) in [6.45, 7) is 0. The third-order valence-electron chi connectivity index (χ3n) is 5.33. The minimum Gasteiger partial charge on any atom is -0.147 e. The zero-order valence-electron chi connectivity index (χ0n) is 16.7. The molecule has 0 atom stereocenters. The van der Waals surface area contributed by atoms with Crippen molar-refractivity contribution in [1.82, 2.24) is 0 Å². The van der Waals surface area contributed by atoms with Crippen molar-refractivity contribution in [2.45, 2.75) is 0 Å². The van der Waals surface area contributed by atoms with Gasteiger partial charge < -0.3 is 0 Å².